The summed E-state index contributed by atoms with van der Waals surface area (Å²) < 4.78 is 5.48. The number of amides is 1. The summed E-state index contributed by atoms with van der Waals surface area (Å²) in [5.41, 5.74) is 1.48. The normalized spacial score (nSPS) is 18.8. The number of ether oxygens (including phenoxy) is 1. The summed E-state index contributed by atoms with van der Waals surface area (Å²) in [6, 6.07) is 5.05. The van der Waals surface area contributed by atoms with Gasteiger partial charge in [0.25, 0.3) is 0 Å². The molecule has 4 nitrogen and oxygen atoms in total. The van der Waals surface area contributed by atoms with E-state index in [9.17, 15) is 9.90 Å². The second-order valence-corrected chi connectivity index (χ2v) is 4.72. The van der Waals surface area contributed by atoms with Crippen LogP contribution in [0.2, 0.25) is 0 Å². The Labute approximate surface area is 107 Å². The third kappa shape index (κ3) is 3.47. The molecular weight excluding hydrogens is 230 g/mol. The Hall–Kier alpha value is -1.55. The van der Waals surface area contributed by atoms with Gasteiger partial charge in [-0.15, -0.1) is 0 Å². The van der Waals surface area contributed by atoms with Gasteiger partial charge in [0.15, 0.2) is 0 Å². The Morgan fingerprint density at radius 3 is 3.06 bits per heavy atom. The van der Waals surface area contributed by atoms with Gasteiger partial charge in [-0.25, -0.2) is 0 Å². The van der Waals surface area contributed by atoms with E-state index < -0.39 is 0 Å². The molecule has 2 N–H and O–H groups in total. The number of hydrogen-bond acceptors (Lipinski definition) is 3. The van der Waals surface area contributed by atoms with Crippen LogP contribution in [0.25, 0.3) is 0 Å². The van der Waals surface area contributed by atoms with Gasteiger partial charge in [0.05, 0.1) is 6.10 Å². The lowest BCUT2D eigenvalue weighted by atomic mass is 10.1. The second-order valence-electron chi connectivity index (χ2n) is 4.72. The minimum Gasteiger partial charge on any atom is -0.508 e. The molecule has 98 valence electrons. The topological polar surface area (TPSA) is 58.6 Å². The quantitative estimate of drug-likeness (QED) is 0.806. The fourth-order valence-corrected chi connectivity index (χ4v) is 2.12. The fraction of sp³-hybridized carbons (Fsp3) is 0.500. The van der Waals surface area contributed by atoms with Crippen molar-refractivity contribution in [3.63, 3.8) is 0 Å². The number of anilines is 1. The molecule has 1 amide bonds. The lowest BCUT2D eigenvalue weighted by molar-refractivity contribution is -0.116. The first kappa shape index (κ1) is 12.9. The first-order chi connectivity index (χ1) is 8.65. The van der Waals surface area contributed by atoms with E-state index >= 15 is 0 Å². The maximum Gasteiger partial charge on any atom is 0.224 e. The van der Waals surface area contributed by atoms with Crippen LogP contribution in [0.1, 0.15) is 31.2 Å². The van der Waals surface area contributed by atoms with Crippen molar-refractivity contribution in [1.29, 1.82) is 0 Å². The van der Waals surface area contributed by atoms with Crippen LogP contribution in [0.15, 0.2) is 18.2 Å². The first-order valence-corrected chi connectivity index (χ1v) is 6.36. The standard InChI is InChI=1S/C14H19NO3/c1-10-9-11(4-6-13(10)16)15-14(17)7-5-12-3-2-8-18-12/h4,6,9,12,16H,2-3,5,7-8H2,1H3,(H,15,17). The molecule has 1 aliphatic heterocycles. The van der Waals surface area contributed by atoms with Crippen molar-refractivity contribution in [2.24, 2.45) is 0 Å². The molecule has 0 radical (unpaired) electrons. The average molecular weight is 249 g/mol. The Morgan fingerprint density at radius 1 is 1.56 bits per heavy atom. The summed E-state index contributed by atoms with van der Waals surface area (Å²) in [6.45, 7) is 2.63. The van der Waals surface area contributed by atoms with Gasteiger partial charge in [-0.2, -0.15) is 0 Å². The van der Waals surface area contributed by atoms with Crippen LogP contribution in [-0.2, 0) is 9.53 Å². The summed E-state index contributed by atoms with van der Waals surface area (Å²) in [5.74, 6) is 0.239. The van der Waals surface area contributed by atoms with E-state index in [1.54, 1.807) is 25.1 Å². The Bertz CT molecular complexity index is 425. The molecule has 1 aliphatic rings. The van der Waals surface area contributed by atoms with Crippen LogP contribution in [-0.4, -0.2) is 23.7 Å². The summed E-state index contributed by atoms with van der Waals surface area (Å²) in [5, 5.41) is 12.2. The number of benzene rings is 1. The van der Waals surface area contributed by atoms with Gasteiger partial charge >= 0.3 is 0 Å². The number of phenolic OH excluding ortho intramolecular Hbond substituents is 1. The number of phenols is 1. The molecule has 0 aliphatic carbocycles. The largest absolute Gasteiger partial charge is 0.508 e. The van der Waals surface area contributed by atoms with E-state index in [0.717, 1.165) is 37.1 Å². The van der Waals surface area contributed by atoms with Gasteiger partial charge in [-0.1, -0.05) is 0 Å². The number of aryl methyl sites for hydroxylation is 1. The number of aromatic hydroxyl groups is 1. The highest BCUT2D eigenvalue weighted by Gasteiger charge is 2.16. The third-order valence-electron chi connectivity index (χ3n) is 3.20. The van der Waals surface area contributed by atoms with Crippen molar-refractivity contribution in [3.8, 4) is 5.75 Å². The van der Waals surface area contributed by atoms with Crippen molar-refractivity contribution in [1.82, 2.24) is 0 Å². The van der Waals surface area contributed by atoms with Gasteiger partial charge in [-0.3, -0.25) is 4.79 Å². The van der Waals surface area contributed by atoms with E-state index in [0.29, 0.717) is 6.42 Å². The van der Waals surface area contributed by atoms with Gasteiger partial charge in [0, 0.05) is 18.7 Å². The van der Waals surface area contributed by atoms with E-state index in [1.165, 1.54) is 0 Å². The second kappa shape index (κ2) is 5.87. The highest BCUT2D eigenvalue weighted by atomic mass is 16.5. The molecule has 1 aromatic rings. The summed E-state index contributed by atoms with van der Waals surface area (Å²) in [7, 11) is 0. The van der Waals surface area contributed by atoms with Gasteiger partial charge in [-0.05, 0) is 49.9 Å². The Morgan fingerprint density at radius 2 is 2.39 bits per heavy atom. The van der Waals surface area contributed by atoms with Gasteiger partial charge in [0.1, 0.15) is 5.75 Å². The number of hydrogen-bond donors (Lipinski definition) is 2. The van der Waals surface area contributed by atoms with Crippen LogP contribution in [0.5, 0.6) is 5.75 Å². The molecule has 0 bridgehead atoms. The number of carbonyl (C=O) groups excluding carboxylic acids is 1. The molecule has 0 spiro atoms. The maximum atomic E-state index is 11.7. The highest BCUT2D eigenvalue weighted by Crippen LogP contribution is 2.21. The van der Waals surface area contributed by atoms with Crippen molar-refractivity contribution in [3.05, 3.63) is 23.8 Å². The van der Waals surface area contributed by atoms with Crippen molar-refractivity contribution >= 4 is 11.6 Å². The number of carbonyl (C=O) groups is 1. The van der Waals surface area contributed by atoms with E-state index in [1.807, 2.05) is 0 Å². The van der Waals surface area contributed by atoms with Crippen molar-refractivity contribution in [2.45, 2.75) is 38.7 Å². The SMILES string of the molecule is Cc1cc(NC(=O)CCC2CCCO2)ccc1O. The van der Waals surface area contributed by atoms with Crippen LogP contribution >= 0.6 is 0 Å². The molecule has 0 aromatic heterocycles. The zero-order valence-electron chi connectivity index (χ0n) is 10.6. The Balaban J connectivity index is 1.80. The van der Waals surface area contributed by atoms with Gasteiger partial charge < -0.3 is 15.2 Å². The average Bonchev–Trinajstić information content (AvgIpc) is 2.84. The number of rotatable bonds is 4. The predicted octanol–water partition coefficient (Wildman–Crippen LogP) is 2.60. The summed E-state index contributed by atoms with van der Waals surface area (Å²) in [4.78, 5) is 11.7. The van der Waals surface area contributed by atoms with Crippen LogP contribution < -0.4 is 5.32 Å². The third-order valence-corrected chi connectivity index (χ3v) is 3.20. The smallest absolute Gasteiger partial charge is 0.224 e. The summed E-state index contributed by atoms with van der Waals surface area (Å²) in [6.07, 6.45) is 3.67. The minimum atomic E-state index is -0.00408. The Kier molecular flexibility index (Phi) is 4.20. The van der Waals surface area contributed by atoms with Crippen LogP contribution in [0.4, 0.5) is 5.69 Å². The lowest BCUT2D eigenvalue weighted by Crippen LogP contribution is -2.15. The molecular formula is C14H19NO3. The first-order valence-electron chi connectivity index (χ1n) is 6.36. The molecule has 1 saturated heterocycles. The zero-order valence-corrected chi connectivity index (χ0v) is 10.6. The monoisotopic (exact) mass is 249 g/mol. The van der Waals surface area contributed by atoms with E-state index in [2.05, 4.69) is 5.32 Å². The molecule has 0 saturated carbocycles. The highest BCUT2D eigenvalue weighted by molar-refractivity contribution is 5.90. The zero-order chi connectivity index (χ0) is 13.0. The van der Waals surface area contributed by atoms with Crippen molar-refractivity contribution in [2.75, 3.05) is 11.9 Å². The van der Waals surface area contributed by atoms with Crippen LogP contribution in [0.3, 0.4) is 0 Å². The lowest BCUT2D eigenvalue weighted by Gasteiger charge is -2.10. The molecule has 1 unspecified atom stereocenters. The molecule has 1 atom stereocenters. The fourth-order valence-electron chi connectivity index (χ4n) is 2.12. The van der Waals surface area contributed by atoms with Crippen molar-refractivity contribution < 1.29 is 14.6 Å². The van der Waals surface area contributed by atoms with Crippen LogP contribution in [0, 0.1) is 6.92 Å². The molecule has 2 rings (SSSR count). The molecule has 1 heterocycles. The molecule has 1 aromatic carbocycles. The molecule has 18 heavy (non-hydrogen) atoms. The van der Waals surface area contributed by atoms with E-state index in [4.69, 9.17) is 4.74 Å². The predicted molar refractivity (Wildman–Crippen MR) is 69.7 cm³/mol. The maximum absolute atomic E-state index is 11.7. The summed E-state index contributed by atoms with van der Waals surface area (Å²) >= 11 is 0. The van der Waals surface area contributed by atoms with Gasteiger partial charge in [0.2, 0.25) is 5.91 Å². The minimum absolute atomic E-state index is 0.00408. The number of nitrogens with one attached hydrogen (secondary N) is 1. The molecule has 4 heteroatoms. The molecule has 1 fully saturated rings. The van der Waals surface area contributed by atoms with E-state index in [-0.39, 0.29) is 17.8 Å².